The van der Waals surface area contributed by atoms with Gasteiger partial charge in [-0.3, -0.25) is 4.79 Å². The number of aryl methyl sites for hydroxylation is 2. The fourth-order valence-electron chi connectivity index (χ4n) is 4.72. The van der Waals surface area contributed by atoms with Gasteiger partial charge >= 0.3 is 0 Å². The van der Waals surface area contributed by atoms with Crippen molar-refractivity contribution in [2.45, 2.75) is 85.0 Å². The molecule has 0 saturated heterocycles. The van der Waals surface area contributed by atoms with E-state index in [2.05, 4.69) is 54.3 Å². The van der Waals surface area contributed by atoms with Crippen molar-refractivity contribution in [3.63, 3.8) is 0 Å². The first-order chi connectivity index (χ1) is 16.7. The van der Waals surface area contributed by atoms with Crippen LogP contribution in [0.3, 0.4) is 0 Å². The Morgan fingerprint density at radius 2 is 1.44 bits per heavy atom. The third kappa shape index (κ3) is 7.30. The minimum absolute atomic E-state index is 0.131. The zero-order chi connectivity index (χ0) is 24.2. The van der Waals surface area contributed by atoms with Crippen LogP contribution in [0.15, 0.2) is 54.7 Å². The van der Waals surface area contributed by atoms with Crippen LogP contribution in [-0.2, 0) is 12.8 Å². The van der Waals surface area contributed by atoms with E-state index in [1.807, 2.05) is 30.5 Å². The fourth-order valence-corrected chi connectivity index (χ4v) is 4.72. The first-order valence-corrected chi connectivity index (χ1v) is 13.6. The second-order valence-electron chi connectivity index (χ2n) is 9.65. The van der Waals surface area contributed by atoms with Crippen LogP contribution < -0.4 is 0 Å². The molecule has 2 heterocycles. The molecule has 0 aliphatic carbocycles. The number of hydrogen-bond donors (Lipinski definition) is 0. The number of aromatic nitrogens is 1. The average molecular weight is 461 g/mol. The van der Waals surface area contributed by atoms with Crippen LogP contribution in [0.25, 0.3) is 5.52 Å². The molecule has 3 heteroatoms. The molecular formula is C31H44N2O. The van der Waals surface area contributed by atoms with Crippen LogP contribution in [0.5, 0.6) is 0 Å². The van der Waals surface area contributed by atoms with E-state index in [1.165, 1.54) is 63.7 Å². The van der Waals surface area contributed by atoms with Gasteiger partial charge in [-0.15, -0.1) is 0 Å². The maximum atomic E-state index is 13.5. The van der Waals surface area contributed by atoms with Gasteiger partial charge in [-0.1, -0.05) is 70.4 Å². The first kappa shape index (κ1) is 26.2. The molecule has 0 spiro atoms. The summed E-state index contributed by atoms with van der Waals surface area (Å²) < 4.78 is 2.06. The predicted molar refractivity (Wildman–Crippen MR) is 145 cm³/mol. The van der Waals surface area contributed by atoms with E-state index >= 15 is 0 Å². The summed E-state index contributed by atoms with van der Waals surface area (Å²) in [5, 5.41) is 0. The highest BCUT2D eigenvalue weighted by Gasteiger charge is 2.18. The van der Waals surface area contributed by atoms with Gasteiger partial charge < -0.3 is 9.30 Å². The highest BCUT2D eigenvalue weighted by Crippen LogP contribution is 2.22. The first-order valence-electron chi connectivity index (χ1n) is 13.6. The van der Waals surface area contributed by atoms with Gasteiger partial charge in [0.1, 0.15) is 0 Å². The fraction of sp³-hybridized carbons (Fsp3) is 0.516. The normalized spacial score (nSPS) is 11.5. The van der Waals surface area contributed by atoms with E-state index in [1.54, 1.807) is 0 Å². The third-order valence-corrected chi connectivity index (χ3v) is 6.84. The number of benzene rings is 1. The monoisotopic (exact) mass is 460 g/mol. The Kier molecular flexibility index (Phi) is 10.9. The van der Waals surface area contributed by atoms with E-state index in [0.717, 1.165) is 48.0 Å². The molecule has 0 saturated carbocycles. The number of nitrogens with zero attached hydrogens (tertiary/aromatic N) is 2. The van der Waals surface area contributed by atoms with E-state index in [9.17, 15) is 4.79 Å². The average Bonchev–Trinajstić information content (AvgIpc) is 3.24. The van der Waals surface area contributed by atoms with E-state index in [-0.39, 0.29) is 5.78 Å². The third-order valence-electron chi connectivity index (χ3n) is 6.84. The summed E-state index contributed by atoms with van der Waals surface area (Å²) in [5.74, 6) is 0.131. The second-order valence-corrected chi connectivity index (χ2v) is 9.65. The van der Waals surface area contributed by atoms with Crippen molar-refractivity contribution in [1.29, 1.82) is 0 Å². The van der Waals surface area contributed by atoms with Gasteiger partial charge in [-0.25, -0.2) is 0 Å². The highest BCUT2D eigenvalue weighted by molar-refractivity contribution is 6.09. The summed E-state index contributed by atoms with van der Waals surface area (Å²) in [6, 6.07) is 16.7. The number of carbonyl (C=O) groups is 1. The Morgan fingerprint density at radius 3 is 2.12 bits per heavy atom. The molecule has 0 aliphatic heterocycles. The zero-order valence-corrected chi connectivity index (χ0v) is 21.7. The molecular weight excluding hydrogens is 416 g/mol. The molecule has 0 atom stereocenters. The molecule has 0 unspecified atom stereocenters. The maximum absolute atomic E-state index is 13.5. The smallest absolute Gasteiger partial charge is 0.210 e. The number of ketones is 1. The zero-order valence-electron chi connectivity index (χ0n) is 21.7. The summed E-state index contributed by atoms with van der Waals surface area (Å²) in [6.07, 6.45) is 13.9. The molecule has 3 aromatic rings. The van der Waals surface area contributed by atoms with Crippen molar-refractivity contribution in [1.82, 2.24) is 9.30 Å². The Morgan fingerprint density at radius 1 is 0.765 bits per heavy atom. The molecule has 0 radical (unpaired) electrons. The Labute approximate surface area is 207 Å². The number of fused-ring (bicyclic) bond motifs is 1. The number of carbonyl (C=O) groups excluding carboxylic acids is 1. The van der Waals surface area contributed by atoms with Crippen LogP contribution >= 0.6 is 0 Å². The summed E-state index contributed by atoms with van der Waals surface area (Å²) in [6.45, 7) is 10.4. The van der Waals surface area contributed by atoms with Gasteiger partial charge in [0.15, 0.2) is 0 Å². The van der Waals surface area contributed by atoms with Crippen LogP contribution in [0.1, 0.15) is 99.3 Å². The van der Waals surface area contributed by atoms with E-state index < -0.39 is 0 Å². The van der Waals surface area contributed by atoms with Gasteiger partial charge in [0.2, 0.25) is 5.78 Å². The van der Waals surface area contributed by atoms with Gasteiger partial charge in [-0.05, 0) is 93.9 Å². The van der Waals surface area contributed by atoms with Crippen molar-refractivity contribution < 1.29 is 4.79 Å². The highest BCUT2D eigenvalue weighted by atomic mass is 16.1. The Balaban J connectivity index is 1.60. The molecule has 0 amide bonds. The molecule has 0 aliphatic rings. The summed E-state index contributed by atoms with van der Waals surface area (Å²) in [5.41, 5.74) is 5.21. The lowest BCUT2D eigenvalue weighted by Crippen LogP contribution is -2.27. The lowest BCUT2D eigenvalue weighted by molar-refractivity contribution is 0.103. The molecule has 2 aromatic heterocycles. The van der Waals surface area contributed by atoms with Gasteiger partial charge in [-0.2, -0.15) is 0 Å². The molecule has 1 aromatic carbocycles. The van der Waals surface area contributed by atoms with Crippen LogP contribution in [0, 0.1) is 0 Å². The minimum Gasteiger partial charge on any atom is -0.313 e. The van der Waals surface area contributed by atoms with Crippen LogP contribution in [0.2, 0.25) is 0 Å². The number of unbranched alkanes of at least 4 members (excludes halogenated alkanes) is 4. The van der Waals surface area contributed by atoms with Crippen molar-refractivity contribution in [3.8, 4) is 0 Å². The summed E-state index contributed by atoms with van der Waals surface area (Å²) >= 11 is 0. The maximum Gasteiger partial charge on any atom is 0.210 e. The summed E-state index contributed by atoms with van der Waals surface area (Å²) in [7, 11) is 0. The standard InChI is InChI=1S/C31H44N2O/c1-4-7-15-28-25-29-16-11-13-24-33(29)30(28)31(34)27-19-17-26(18-20-27)14-10-12-23-32(21-8-5-2)22-9-6-3/h11,13,16-20,24-25H,4-10,12,14-15,21-23H2,1-3H3. The van der Waals surface area contributed by atoms with Crippen molar-refractivity contribution in [3.05, 3.63) is 77.1 Å². The number of pyridine rings is 1. The second kappa shape index (κ2) is 14.1. The molecule has 184 valence electrons. The topological polar surface area (TPSA) is 24.7 Å². The van der Waals surface area contributed by atoms with Gasteiger partial charge in [0.25, 0.3) is 0 Å². The Hall–Kier alpha value is -2.39. The molecule has 0 N–H and O–H groups in total. The van der Waals surface area contributed by atoms with E-state index in [4.69, 9.17) is 0 Å². The van der Waals surface area contributed by atoms with E-state index in [0.29, 0.717) is 0 Å². The largest absolute Gasteiger partial charge is 0.313 e. The predicted octanol–water partition coefficient (Wildman–Crippen LogP) is 7.74. The lowest BCUT2D eigenvalue weighted by Gasteiger charge is -2.21. The minimum atomic E-state index is 0.131. The molecule has 3 rings (SSSR count). The van der Waals surface area contributed by atoms with Crippen LogP contribution in [-0.4, -0.2) is 34.7 Å². The molecule has 0 bridgehead atoms. The number of hydrogen-bond acceptors (Lipinski definition) is 2. The van der Waals surface area contributed by atoms with Crippen molar-refractivity contribution in [2.24, 2.45) is 0 Å². The van der Waals surface area contributed by atoms with Crippen molar-refractivity contribution >= 4 is 11.3 Å². The molecule has 34 heavy (non-hydrogen) atoms. The Bertz CT molecular complexity index is 994. The quantitative estimate of drug-likeness (QED) is 0.161. The molecule has 3 nitrogen and oxygen atoms in total. The number of rotatable bonds is 16. The van der Waals surface area contributed by atoms with Crippen molar-refractivity contribution in [2.75, 3.05) is 19.6 Å². The SMILES string of the molecule is CCCCc1cc2ccccn2c1C(=O)c1ccc(CCCCN(CCCC)CCCC)cc1. The molecule has 0 fully saturated rings. The lowest BCUT2D eigenvalue weighted by atomic mass is 9.99. The summed E-state index contributed by atoms with van der Waals surface area (Å²) in [4.78, 5) is 16.1. The van der Waals surface area contributed by atoms with Gasteiger partial charge in [0.05, 0.1) is 5.69 Å². The van der Waals surface area contributed by atoms with Gasteiger partial charge in [0, 0.05) is 17.3 Å². The van der Waals surface area contributed by atoms with Crippen LogP contribution in [0.4, 0.5) is 0 Å².